The maximum absolute atomic E-state index is 11.3. The average Bonchev–Trinajstić information content (AvgIpc) is 2.87. The number of benzene rings is 1. The van der Waals surface area contributed by atoms with Crippen LogP contribution in [0.4, 0.5) is 0 Å². The van der Waals surface area contributed by atoms with E-state index in [9.17, 15) is 9.59 Å². The Balaban J connectivity index is 1.75. The summed E-state index contributed by atoms with van der Waals surface area (Å²) in [4.78, 5) is 32.1. The number of hydrogen-bond acceptors (Lipinski definition) is 4. The molecular weight excluding hydrogens is 284 g/mol. The summed E-state index contributed by atoms with van der Waals surface area (Å²) in [5, 5.41) is 3.45. The van der Waals surface area contributed by atoms with Crippen LogP contribution in [0.2, 0.25) is 0 Å². The van der Waals surface area contributed by atoms with Gasteiger partial charge >= 0.3 is 5.69 Å². The zero-order chi connectivity index (χ0) is 15.5. The molecule has 3 rings (SSSR count). The molecule has 0 aliphatic heterocycles. The molecule has 0 unspecified atom stereocenters. The first-order chi connectivity index (χ1) is 10.7. The minimum absolute atomic E-state index is 0.00474. The van der Waals surface area contributed by atoms with Crippen LogP contribution in [0.3, 0.4) is 0 Å². The Kier molecular flexibility index (Phi) is 3.78. The summed E-state index contributed by atoms with van der Waals surface area (Å²) in [6.07, 6.45) is 1.09. The molecule has 0 aliphatic rings. The van der Waals surface area contributed by atoms with Gasteiger partial charge in [-0.05, 0) is 30.7 Å². The van der Waals surface area contributed by atoms with Crippen LogP contribution < -0.4 is 15.7 Å². The predicted octanol–water partition coefficient (Wildman–Crippen LogP) is 1.31. The molecule has 0 spiro atoms. The second-order valence-electron chi connectivity index (χ2n) is 4.94. The number of nitrogens with one attached hydrogen (secondary N) is 3. The monoisotopic (exact) mass is 300 g/mol. The molecule has 114 valence electrons. The number of rotatable bonds is 5. The van der Waals surface area contributed by atoms with Crippen molar-refractivity contribution < 1.29 is 9.53 Å². The van der Waals surface area contributed by atoms with Crippen LogP contribution in [0, 0.1) is 0 Å². The van der Waals surface area contributed by atoms with Crippen molar-refractivity contribution >= 4 is 28.0 Å². The summed E-state index contributed by atoms with van der Waals surface area (Å²) in [6.45, 7) is 0.468. The van der Waals surface area contributed by atoms with Gasteiger partial charge in [0.15, 0.2) is 5.65 Å². The first-order valence-electron chi connectivity index (χ1n) is 7.02. The Bertz CT molecular complexity index is 881. The fraction of sp³-hybridized carbons (Fsp3) is 0.267. The van der Waals surface area contributed by atoms with Gasteiger partial charge in [-0.15, -0.1) is 0 Å². The maximum Gasteiger partial charge on any atom is 0.325 e. The van der Waals surface area contributed by atoms with Crippen LogP contribution in [-0.4, -0.2) is 34.5 Å². The smallest absolute Gasteiger partial charge is 0.325 e. The minimum Gasteiger partial charge on any atom is -0.494 e. The average molecular weight is 300 g/mol. The SMILES string of the molecule is CNC(=O)CCCOc1ccc2nc3[nH]c(=O)[nH]c3cc2c1. The lowest BCUT2D eigenvalue weighted by molar-refractivity contribution is -0.120. The summed E-state index contributed by atoms with van der Waals surface area (Å²) in [6, 6.07) is 7.39. The van der Waals surface area contributed by atoms with Gasteiger partial charge in [0.05, 0.1) is 17.6 Å². The number of carbonyl (C=O) groups excluding carboxylic acids is 1. The topological polar surface area (TPSA) is 99.9 Å². The van der Waals surface area contributed by atoms with Gasteiger partial charge in [-0.1, -0.05) is 0 Å². The van der Waals surface area contributed by atoms with Crippen molar-refractivity contribution in [1.29, 1.82) is 0 Å². The standard InChI is InChI=1S/C15H16N4O3/c1-16-13(20)3-2-6-22-10-4-5-11-9(7-10)8-12-14(17-11)19-15(21)18-12/h4-5,7-8H,2-3,6H2,1H3,(H,16,20)(H2,17,18,19,21). The first kappa shape index (κ1) is 14.1. The highest BCUT2D eigenvalue weighted by atomic mass is 16.5. The van der Waals surface area contributed by atoms with E-state index in [1.807, 2.05) is 24.3 Å². The van der Waals surface area contributed by atoms with Crippen molar-refractivity contribution in [2.24, 2.45) is 0 Å². The molecule has 3 aromatic rings. The Morgan fingerprint density at radius 3 is 3.00 bits per heavy atom. The normalized spacial score (nSPS) is 11.0. The quantitative estimate of drug-likeness (QED) is 0.618. The number of hydrogen-bond donors (Lipinski definition) is 3. The maximum atomic E-state index is 11.3. The van der Waals surface area contributed by atoms with Crippen molar-refractivity contribution in [3.05, 3.63) is 34.7 Å². The van der Waals surface area contributed by atoms with E-state index in [2.05, 4.69) is 20.3 Å². The molecule has 0 fully saturated rings. The summed E-state index contributed by atoms with van der Waals surface area (Å²) in [5.74, 6) is 0.716. The van der Waals surface area contributed by atoms with E-state index in [1.165, 1.54) is 0 Å². The number of aromatic nitrogens is 3. The Morgan fingerprint density at radius 2 is 2.18 bits per heavy atom. The number of nitrogens with zero attached hydrogens (tertiary/aromatic N) is 1. The lowest BCUT2D eigenvalue weighted by Gasteiger charge is -2.07. The molecule has 2 heterocycles. The van der Waals surface area contributed by atoms with Crippen molar-refractivity contribution in [2.45, 2.75) is 12.8 Å². The van der Waals surface area contributed by atoms with Crippen molar-refractivity contribution in [2.75, 3.05) is 13.7 Å². The number of amides is 1. The zero-order valence-electron chi connectivity index (χ0n) is 12.1. The fourth-order valence-corrected chi connectivity index (χ4v) is 2.24. The molecule has 3 N–H and O–H groups in total. The van der Waals surface area contributed by atoms with Crippen LogP contribution in [0.1, 0.15) is 12.8 Å². The van der Waals surface area contributed by atoms with Crippen molar-refractivity contribution in [1.82, 2.24) is 20.3 Å². The molecule has 7 nitrogen and oxygen atoms in total. The largest absolute Gasteiger partial charge is 0.494 e. The van der Waals surface area contributed by atoms with Crippen LogP contribution in [0.25, 0.3) is 22.1 Å². The predicted molar refractivity (Wildman–Crippen MR) is 83.0 cm³/mol. The molecule has 7 heteroatoms. The zero-order valence-corrected chi connectivity index (χ0v) is 12.1. The lowest BCUT2D eigenvalue weighted by atomic mass is 10.2. The Hall–Kier alpha value is -2.83. The van der Waals surface area contributed by atoms with Gasteiger partial charge in [0.1, 0.15) is 5.75 Å². The van der Waals surface area contributed by atoms with Crippen LogP contribution in [0.5, 0.6) is 5.75 Å². The third kappa shape index (κ3) is 2.93. The second-order valence-corrected chi connectivity index (χ2v) is 4.94. The molecule has 0 radical (unpaired) electrons. The molecule has 1 amide bonds. The van der Waals surface area contributed by atoms with Crippen molar-refractivity contribution in [3.8, 4) is 5.75 Å². The molecule has 2 aromatic heterocycles. The van der Waals surface area contributed by atoms with Crippen LogP contribution >= 0.6 is 0 Å². The molecule has 0 atom stereocenters. The first-order valence-corrected chi connectivity index (χ1v) is 7.02. The molecular formula is C15H16N4O3. The van der Waals surface area contributed by atoms with Gasteiger partial charge in [-0.2, -0.15) is 0 Å². The third-order valence-electron chi connectivity index (χ3n) is 3.36. The van der Waals surface area contributed by atoms with E-state index in [0.717, 1.165) is 10.9 Å². The fourth-order valence-electron chi connectivity index (χ4n) is 2.24. The van der Waals surface area contributed by atoms with E-state index in [0.29, 0.717) is 36.4 Å². The van der Waals surface area contributed by atoms with E-state index < -0.39 is 0 Å². The van der Waals surface area contributed by atoms with Crippen molar-refractivity contribution in [3.63, 3.8) is 0 Å². The molecule has 0 aliphatic carbocycles. The van der Waals surface area contributed by atoms with Crippen LogP contribution in [-0.2, 0) is 4.79 Å². The molecule has 1 aromatic carbocycles. The van der Waals surface area contributed by atoms with Gasteiger partial charge in [0.2, 0.25) is 5.91 Å². The highest BCUT2D eigenvalue weighted by Gasteiger charge is 2.05. The molecule has 22 heavy (non-hydrogen) atoms. The summed E-state index contributed by atoms with van der Waals surface area (Å²) < 4.78 is 5.64. The second kappa shape index (κ2) is 5.88. The minimum atomic E-state index is -0.275. The highest BCUT2D eigenvalue weighted by molar-refractivity contribution is 5.89. The molecule has 0 saturated heterocycles. The van der Waals surface area contributed by atoms with E-state index in [-0.39, 0.29) is 11.6 Å². The number of pyridine rings is 1. The number of carbonyl (C=O) groups is 1. The highest BCUT2D eigenvalue weighted by Crippen LogP contribution is 2.22. The number of fused-ring (bicyclic) bond motifs is 2. The lowest BCUT2D eigenvalue weighted by Crippen LogP contribution is -2.18. The number of H-pyrrole nitrogens is 2. The molecule has 0 saturated carbocycles. The van der Waals surface area contributed by atoms with E-state index in [1.54, 1.807) is 7.05 Å². The summed E-state index contributed by atoms with van der Waals surface area (Å²) in [7, 11) is 1.62. The van der Waals surface area contributed by atoms with Gasteiger partial charge in [-0.25, -0.2) is 9.78 Å². The molecule has 0 bridgehead atoms. The number of imidazole rings is 1. The van der Waals surface area contributed by atoms with E-state index >= 15 is 0 Å². The summed E-state index contributed by atoms with van der Waals surface area (Å²) in [5.41, 5.74) is 1.70. The van der Waals surface area contributed by atoms with Gasteiger partial charge < -0.3 is 15.0 Å². The Labute approximate surface area is 125 Å². The van der Waals surface area contributed by atoms with Gasteiger partial charge in [-0.3, -0.25) is 9.78 Å². The van der Waals surface area contributed by atoms with E-state index in [4.69, 9.17) is 4.74 Å². The summed E-state index contributed by atoms with van der Waals surface area (Å²) >= 11 is 0. The number of ether oxygens (including phenoxy) is 1. The van der Waals surface area contributed by atoms with Gasteiger partial charge in [0.25, 0.3) is 0 Å². The Morgan fingerprint density at radius 1 is 1.32 bits per heavy atom. The third-order valence-corrected chi connectivity index (χ3v) is 3.36. The number of aromatic amines is 2. The van der Waals surface area contributed by atoms with Gasteiger partial charge in [0, 0.05) is 18.9 Å². The van der Waals surface area contributed by atoms with Crippen LogP contribution in [0.15, 0.2) is 29.1 Å².